The van der Waals surface area contributed by atoms with Crippen LogP contribution >= 0.6 is 11.8 Å². The van der Waals surface area contributed by atoms with Crippen molar-refractivity contribution in [2.45, 2.75) is 51.7 Å². The van der Waals surface area contributed by atoms with Gasteiger partial charge in [-0.1, -0.05) is 18.7 Å². The number of amides is 2. The molecule has 26 heavy (non-hydrogen) atoms. The topological polar surface area (TPSA) is 145 Å². The lowest BCUT2D eigenvalue weighted by Gasteiger charge is -2.14. The number of nitrogens with one attached hydrogen (secondary N) is 3. The molecule has 0 aliphatic heterocycles. The fraction of sp³-hybridized carbons (Fsp3) is 0.750. The van der Waals surface area contributed by atoms with Gasteiger partial charge in [0, 0.05) is 32.2 Å². The molecule has 0 rings (SSSR count). The first-order valence-electron chi connectivity index (χ1n) is 8.59. The average molecular weight is 391 g/mol. The quantitative estimate of drug-likeness (QED) is 0.249. The number of carbonyl (C=O) groups is 4. The van der Waals surface area contributed by atoms with E-state index in [1.165, 1.54) is 6.92 Å². The van der Waals surface area contributed by atoms with Gasteiger partial charge in [-0.15, -0.1) is 0 Å². The molecule has 10 heteroatoms. The molecule has 0 saturated heterocycles. The zero-order chi connectivity index (χ0) is 19.9. The molecule has 0 heterocycles. The highest BCUT2D eigenvalue weighted by molar-refractivity contribution is 8.13. The molecule has 150 valence electrons. The van der Waals surface area contributed by atoms with E-state index in [1.54, 1.807) is 0 Å². The van der Waals surface area contributed by atoms with Crippen molar-refractivity contribution in [3.8, 4) is 0 Å². The third-order valence-corrected chi connectivity index (χ3v) is 4.30. The van der Waals surface area contributed by atoms with Crippen molar-refractivity contribution >= 4 is 34.7 Å². The van der Waals surface area contributed by atoms with Gasteiger partial charge < -0.3 is 26.2 Å². The molecule has 0 aromatic rings. The Bertz CT molecular complexity index is 475. The molecular weight excluding hydrogens is 362 g/mol. The highest BCUT2D eigenvalue weighted by Gasteiger charge is 2.18. The molecular formula is C16H29N3O6S. The predicted molar refractivity (Wildman–Crippen MR) is 98.7 cm³/mol. The summed E-state index contributed by atoms with van der Waals surface area (Å²) >= 11 is 0.920. The Kier molecular flexibility index (Phi) is 13.6. The van der Waals surface area contributed by atoms with Crippen LogP contribution in [-0.2, 0) is 19.2 Å². The molecule has 2 amide bonds. The Hall–Kier alpha value is -1.65. The number of carbonyl (C=O) groups excluding carboxylic acids is 3. The van der Waals surface area contributed by atoms with E-state index in [0.717, 1.165) is 18.2 Å². The number of carboxylic acid groups (broad SMARTS) is 1. The van der Waals surface area contributed by atoms with Gasteiger partial charge >= 0.3 is 5.97 Å². The summed E-state index contributed by atoms with van der Waals surface area (Å²) < 4.78 is 0. The molecule has 0 aliphatic carbocycles. The Labute approximate surface area is 157 Å². The lowest BCUT2D eigenvalue weighted by atomic mass is 10.1. The van der Waals surface area contributed by atoms with Crippen LogP contribution < -0.4 is 16.0 Å². The first-order chi connectivity index (χ1) is 12.3. The highest BCUT2D eigenvalue weighted by atomic mass is 32.2. The molecule has 0 spiro atoms. The van der Waals surface area contributed by atoms with Gasteiger partial charge in [0.1, 0.15) is 12.1 Å². The van der Waals surface area contributed by atoms with Crippen LogP contribution in [0.5, 0.6) is 0 Å². The van der Waals surface area contributed by atoms with Gasteiger partial charge in [-0.2, -0.15) is 0 Å². The van der Waals surface area contributed by atoms with Crippen LogP contribution in [0, 0.1) is 0 Å². The molecule has 0 aliphatic rings. The Morgan fingerprint density at radius 2 is 1.73 bits per heavy atom. The SMILES string of the molecule is CCCN[C@@H](CCC(=O)NCC[C@H](O)C(=O)SCCNC(C)=O)C(=O)O. The van der Waals surface area contributed by atoms with Crippen LogP contribution in [-0.4, -0.2) is 70.6 Å². The summed E-state index contributed by atoms with van der Waals surface area (Å²) in [4.78, 5) is 45.1. The van der Waals surface area contributed by atoms with Crippen molar-refractivity contribution in [3.63, 3.8) is 0 Å². The number of rotatable bonds is 14. The lowest BCUT2D eigenvalue weighted by molar-refractivity contribution is -0.139. The predicted octanol–water partition coefficient (Wildman–Crippen LogP) is -0.517. The second kappa shape index (κ2) is 14.5. The van der Waals surface area contributed by atoms with Crippen LogP contribution in [0.15, 0.2) is 0 Å². The number of aliphatic hydroxyl groups excluding tert-OH is 1. The van der Waals surface area contributed by atoms with E-state index in [1.807, 2.05) is 6.92 Å². The number of hydrogen-bond acceptors (Lipinski definition) is 7. The first-order valence-corrected chi connectivity index (χ1v) is 9.58. The van der Waals surface area contributed by atoms with Crippen LogP contribution in [0.25, 0.3) is 0 Å². The molecule has 0 aromatic carbocycles. The Balaban J connectivity index is 3.92. The standard InChI is InChI=1S/C16H29N3O6S/c1-3-7-18-12(15(23)24)4-5-14(22)19-8-6-13(21)16(25)26-10-9-17-11(2)20/h12-13,18,21H,3-10H2,1-2H3,(H,17,20)(H,19,22)(H,23,24)/t12-,13-/m0/s1. The maximum atomic E-state index is 11.7. The third kappa shape index (κ3) is 12.7. The lowest BCUT2D eigenvalue weighted by Crippen LogP contribution is -2.38. The summed E-state index contributed by atoms with van der Waals surface area (Å²) in [5, 5.41) is 26.3. The van der Waals surface area contributed by atoms with Crippen molar-refractivity contribution in [2.24, 2.45) is 0 Å². The van der Waals surface area contributed by atoms with E-state index >= 15 is 0 Å². The Morgan fingerprint density at radius 1 is 1.04 bits per heavy atom. The van der Waals surface area contributed by atoms with Gasteiger partial charge in [0.15, 0.2) is 0 Å². The summed E-state index contributed by atoms with van der Waals surface area (Å²) in [6, 6.07) is -0.770. The zero-order valence-corrected chi connectivity index (χ0v) is 16.1. The van der Waals surface area contributed by atoms with Gasteiger partial charge in [0.2, 0.25) is 16.9 Å². The van der Waals surface area contributed by atoms with Gasteiger partial charge in [-0.3, -0.25) is 19.2 Å². The molecule has 5 N–H and O–H groups in total. The molecule has 0 radical (unpaired) electrons. The summed E-state index contributed by atoms with van der Waals surface area (Å²) in [6.45, 7) is 4.32. The van der Waals surface area contributed by atoms with Crippen molar-refractivity contribution in [1.82, 2.24) is 16.0 Å². The molecule has 2 atom stereocenters. The van der Waals surface area contributed by atoms with Gasteiger partial charge in [-0.05, 0) is 25.8 Å². The number of hydrogen-bond donors (Lipinski definition) is 5. The van der Waals surface area contributed by atoms with Crippen LogP contribution in [0.1, 0.15) is 39.5 Å². The van der Waals surface area contributed by atoms with Crippen LogP contribution in [0.3, 0.4) is 0 Å². The number of carboxylic acids is 1. The van der Waals surface area contributed by atoms with Crippen LogP contribution in [0.4, 0.5) is 0 Å². The van der Waals surface area contributed by atoms with Crippen molar-refractivity contribution in [1.29, 1.82) is 0 Å². The Morgan fingerprint density at radius 3 is 2.31 bits per heavy atom. The monoisotopic (exact) mass is 391 g/mol. The minimum Gasteiger partial charge on any atom is -0.480 e. The highest BCUT2D eigenvalue weighted by Crippen LogP contribution is 2.07. The fourth-order valence-corrected chi connectivity index (χ4v) is 2.65. The third-order valence-electron chi connectivity index (χ3n) is 3.33. The van der Waals surface area contributed by atoms with Crippen LogP contribution in [0.2, 0.25) is 0 Å². The molecule has 0 saturated carbocycles. The minimum atomic E-state index is -1.20. The zero-order valence-electron chi connectivity index (χ0n) is 15.2. The van der Waals surface area contributed by atoms with Gasteiger partial charge in [-0.25, -0.2) is 0 Å². The molecule has 0 fully saturated rings. The molecule has 0 unspecified atom stereocenters. The maximum Gasteiger partial charge on any atom is 0.320 e. The fourth-order valence-electron chi connectivity index (χ4n) is 1.94. The van der Waals surface area contributed by atoms with Gasteiger partial charge in [0.05, 0.1) is 0 Å². The minimum absolute atomic E-state index is 0.0448. The van der Waals surface area contributed by atoms with Crippen molar-refractivity contribution < 1.29 is 29.4 Å². The van der Waals surface area contributed by atoms with E-state index in [4.69, 9.17) is 5.11 Å². The number of aliphatic carboxylic acids is 1. The molecule has 0 aromatic heterocycles. The van der Waals surface area contributed by atoms with E-state index in [-0.39, 0.29) is 37.6 Å². The van der Waals surface area contributed by atoms with E-state index in [2.05, 4.69) is 16.0 Å². The number of thioether (sulfide) groups is 1. The van der Waals surface area contributed by atoms with Crippen molar-refractivity contribution in [2.75, 3.05) is 25.4 Å². The summed E-state index contributed by atoms with van der Waals surface area (Å²) in [6.07, 6.45) is -0.111. The molecule has 9 nitrogen and oxygen atoms in total. The maximum absolute atomic E-state index is 11.7. The number of aliphatic hydroxyl groups is 1. The van der Waals surface area contributed by atoms with E-state index < -0.39 is 23.2 Å². The second-order valence-electron chi connectivity index (χ2n) is 5.69. The van der Waals surface area contributed by atoms with Gasteiger partial charge in [0.25, 0.3) is 0 Å². The molecule has 0 bridgehead atoms. The van der Waals surface area contributed by atoms with Crippen molar-refractivity contribution in [3.05, 3.63) is 0 Å². The largest absolute Gasteiger partial charge is 0.480 e. The first kappa shape index (κ1) is 24.4. The average Bonchev–Trinajstić information content (AvgIpc) is 2.57. The normalized spacial score (nSPS) is 12.9. The smallest absolute Gasteiger partial charge is 0.320 e. The summed E-state index contributed by atoms with van der Waals surface area (Å²) in [7, 11) is 0. The van der Waals surface area contributed by atoms with E-state index in [0.29, 0.717) is 18.8 Å². The summed E-state index contributed by atoms with van der Waals surface area (Å²) in [5.74, 6) is -1.14. The van der Waals surface area contributed by atoms with E-state index in [9.17, 15) is 24.3 Å². The summed E-state index contributed by atoms with van der Waals surface area (Å²) in [5.41, 5.74) is 0. The second-order valence-corrected chi connectivity index (χ2v) is 6.79.